The van der Waals surface area contributed by atoms with E-state index in [-0.39, 0.29) is 49.8 Å². The van der Waals surface area contributed by atoms with Crippen LogP contribution in [-0.2, 0) is 9.47 Å². The smallest absolute Gasteiger partial charge is 0.0813 e. The summed E-state index contributed by atoms with van der Waals surface area (Å²) in [4.78, 5) is 0. The summed E-state index contributed by atoms with van der Waals surface area (Å²) in [5.41, 5.74) is 0. The topological polar surface area (TPSA) is 85.8 Å². The molecule has 0 spiro atoms. The molecule has 2 heterocycles. The lowest BCUT2D eigenvalue weighted by molar-refractivity contribution is 0.0423. The summed E-state index contributed by atoms with van der Waals surface area (Å²) in [5.74, 6) is 0.0119. The van der Waals surface area contributed by atoms with Crippen LogP contribution >= 0.6 is 0 Å². The van der Waals surface area contributed by atoms with Crippen molar-refractivity contribution in [1.29, 1.82) is 0 Å². The largest absolute Gasteiger partial charge is 0.396 e. The van der Waals surface area contributed by atoms with Gasteiger partial charge >= 0.3 is 0 Å². The third-order valence-electron chi connectivity index (χ3n) is 3.82. The fraction of sp³-hybridized carbons (Fsp3) is 1.00. The van der Waals surface area contributed by atoms with E-state index in [1.807, 2.05) is 0 Å². The lowest BCUT2D eigenvalue weighted by Gasteiger charge is -2.30. The molecule has 5 nitrogen and oxygen atoms in total. The third kappa shape index (κ3) is 3.89. The second-order valence-electron chi connectivity index (χ2n) is 5.11. The molecule has 0 aliphatic carbocycles. The lowest BCUT2D eigenvalue weighted by Crippen LogP contribution is -2.33. The summed E-state index contributed by atoms with van der Waals surface area (Å²) in [6, 6.07) is 0. The molecule has 0 aromatic heterocycles. The number of ether oxygens (including phenoxy) is 2. The van der Waals surface area contributed by atoms with Crippen LogP contribution in [0.2, 0.25) is 0 Å². The van der Waals surface area contributed by atoms with Crippen molar-refractivity contribution in [3.05, 3.63) is 0 Å². The van der Waals surface area contributed by atoms with Gasteiger partial charge in [-0.3, -0.25) is 0 Å². The number of hydrogen-bond donors (Lipinski definition) is 3. The van der Waals surface area contributed by atoms with Crippen LogP contribution in [0.3, 0.4) is 0 Å². The van der Waals surface area contributed by atoms with E-state index in [1.165, 1.54) is 0 Å². The van der Waals surface area contributed by atoms with Crippen molar-refractivity contribution in [2.45, 2.75) is 25.0 Å². The van der Waals surface area contributed by atoms with E-state index in [0.29, 0.717) is 0 Å². The first-order valence-corrected chi connectivity index (χ1v) is 6.34. The van der Waals surface area contributed by atoms with Gasteiger partial charge in [0.05, 0.1) is 25.4 Å². The van der Waals surface area contributed by atoms with Gasteiger partial charge < -0.3 is 24.8 Å². The van der Waals surface area contributed by atoms with E-state index in [2.05, 4.69) is 0 Å². The first-order chi connectivity index (χ1) is 8.28. The Morgan fingerprint density at radius 1 is 0.824 bits per heavy atom. The molecule has 2 aliphatic heterocycles. The summed E-state index contributed by atoms with van der Waals surface area (Å²) in [7, 11) is 0. The van der Waals surface area contributed by atoms with E-state index >= 15 is 0 Å². The van der Waals surface area contributed by atoms with Gasteiger partial charge in [0.1, 0.15) is 0 Å². The maximum absolute atomic E-state index is 9.49. The average molecular weight is 246 g/mol. The first-order valence-electron chi connectivity index (χ1n) is 6.34. The Morgan fingerprint density at radius 3 is 1.71 bits per heavy atom. The van der Waals surface area contributed by atoms with E-state index in [4.69, 9.17) is 9.47 Å². The molecule has 0 saturated carbocycles. The number of aliphatic hydroxyl groups is 3. The molecule has 0 bridgehead atoms. The minimum absolute atomic E-state index is 0.0457. The summed E-state index contributed by atoms with van der Waals surface area (Å²) >= 11 is 0. The number of aliphatic hydroxyl groups excluding tert-OH is 3. The molecule has 4 unspecified atom stereocenters. The molecule has 3 N–H and O–H groups in total. The molecule has 0 radical (unpaired) electrons. The van der Waals surface area contributed by atoms with Gasteiger partial charge in [0.2, 0.25) is 0 Å². The van der Waals surface area contributed by atoms with Crippen LogP contribution in [0.1, 0.15) is 12.8 Å². The molecule has 2 fully saturated rings. The Bertz CT molecular complexity index is 223. The highest BCUT2D eigenvalue weighted by Crippen LogP contribution is 2.35. The Labute approximate surface area is 101 Å². The van der Waals surface area contributed by atoms with E-state index < -0.39 is 0 Å². The third-order valence-corrected chi connectivity index (χ3v) is 3.82. The lowest BCUT2D eigenvalue weighted by atomic mass is 9.77. The monoisotopic (exact) mass is 246 g/mol. The fourth-order valence-electron chi connectivity index (χ4n) is 2.53. The molecular formula is C12H22O5. The van der Waals surface area contributed by atoms with Crippen LogP contribution in [0.25, 0.3) is 0 Å². The van der Waals surface area contributed by atoms with Crippen molar-refractivity contribution in [3.63, 3.8) is 0 Å². The van der Waals surface area contributed by atoms with Crippen molar-refractivity contribution < 1.29 is 24.8 Å². The van der Waals surface area contributed by atoms with Crippen LogP contribution in [0, 0.1) is 17.8 Å². The molecular weight excluding hydrogens is 224 g/mol. The van der Waals surface area contributed by atoms with Gasteiger partial charge in [-0.2, -0.15) is 0 Å². The van der Waals surface area contributed by atoms with Gasteiger partial charge in [-0.15, -0.1) is 0 Å². The molecule has 2 rings (SSSR count). The van der Waals surface area contributed by atoms with E-state index in [1.54, 1.807) is 0 Å². The number of hydrogen-bond acceptors (Lipinski definition) is 5. The van der Waals surface area contributed by atoms with Crippen molar-refractivity contribution in [2.75, 3.05) is 33.0 Å². The highest BCUT2D eigenvalue weighted by molar-refractivity contribution is 4.86. The van der Waals surface area contributed by atoms with Crippen molar-refractivity contribution in [3.8, 4) is 0 Å². The highest BCUT2D eigenvalue weighted by atomic mass is 16.6. The molecule has 17 heavy (non-hydrogen) atoms. The number of epoxide rings is 2. The van der Waals surface area contributed by atoms with Crippen LogP contribution in [0.4, 0.5) is 0 Å². The standard InChI is InChI=1S/C12H22O5/c13-3-8(1-10-6-16-10)12(2-11-7-17-11)9(4-14)5-15/h8-15H,1-7H2. The quantitative estimate of drug-likeness (QED) is 0.473. The van der Waals surface area contributed by atoms with E-state index in [9.17, 15) is 15.3 Å². The normalized spacial score (nSPS) is 30.4. The van der Waals surface area contributed by atoms with Crippen molar-refractivity contribution in [1.82, 2.24) is 0 Å². The predicted molar refractivity (Wildman–Crippen MR) is 60.4 cm³/mol. The average Bonchev–Trinajstić information content (AvgIpc) is 3.21. The molecule has 100 valence electrons. The summed E-state index contributed by atoms with van der Waals surface area (Å²) in [6.07, 6.45) is 2.12. The Hall–Kier alpha value is -0.200. The zero-order valence-electron chi connectivity index (χ0n) is 9.99. The van der Waals surface area contributed by atoms with Crippen LogP contribution in [0.5, 0.6) is 0 Å². The number of rotatable bonds is 9. The van der Waals surface area contributed by atoms with Gasteiger partial charge in [0, 0.05) is 25.7 Å². The second-order valence-corrected chi connectivity index (χ2v) is 5.11. The Morgan fingerprint density at radius 2 is 1.29 bits per heavy atom. The molecule has 0 aromatic rings. The first kappa shape index (κ1) is 13.2. The minimum Gasteiger partial charge on any atom is -0.396 e. The maximum atomic E-state index is 9.49. The summed E-state index contributed by atoms with van der Waals surface area (Å²) in [5, 5.41) is 28.1. The van der Waals surface area contributed by atoms with Crippen LogP contribution < -0.4 is 0 Å². The van der Waals surface area contributed by atoms with Gasteiger partial charge in [-0.25, -0.2) is 0 Å². The van der Waals surface area contributed by atoms with Crippen molar-refractivity contribution in [2.24, 2.45) is 17.8 Å². The second kappa shape index (κ2) is 6.11. The SMILES string of the molecule is OCC(CO)C(CC1CO1)C(CO)CC1CO1. The summed E-state index contributed by atoms with van der Waals surface area (Å²) < 4.78 is 10.4. The maximum Gasteiger partial charge on any atom is 0.0813 e. The zero-order valence-corrected chi connectivity index (χ0v) is 9.99. The van der Waals surface area contributed by atoms with Crippen LogP contribution in [0.15, 0.2) is 0 Å². The fourth-order valence-corrected chi connectivity index (χ4v) is 2.53. The molecule has 5 heteroatoms. The Balaban J connectivity index is 1.93. The Kier molecular flexibility index (Phi) is 4.76. The molecule has 4 atom stereocenters. The van der Waals surface area contributed by atoms with Gasteiger partial charge in [0.25, 0.3) is 0 Å². The van der Waals surface area contributed by atoms with Gasteiger partial charge in [-0.05, 0) is 24.7 Å². The van der Waals surface area contributed by atoms with Gasteiger partial charge in [-0.1, -0.05) is 0 Å². The minimum atomic E-state index is -0.171. The molecule has 0 aromatic carbocycles. The molecule has 0 amide bonds. The predicted octanol–water partition coefficient (Wildman–Crippen LogP) is -0.610. The zero-order chi connectivity index (χ0) is 12.3. The molecule has 2 aliphatic rings. The molecule has 2 saturated heterocycles. The summed E-state index contributed by atoms with van der Waals surface area (Å²) in [6.45, 7) is 1.52. The van der Waals surface area contributed by atoms with Gasteiger partial charge in [0.15, 0.2) is 0 Å². The van der Waals surface area contributed by atoms with E-state index in [0.717, 1.165) is 26.1 Å². The highest BCUT2D eigenvalue weighted by Gasteiger charge is 2.38. The van der Waals surface area contributed by atoms with Crippen LogP contribution in [-0.4, -0.2) is 60.6 Å². The van der Waals surface area contributed by atoms with Crippen molar-refractivity contribution >= 4 is 0 Å².